The molecule has 0 aromatic heterocycles. The predicted molar refractivity (Wildman–Crippen MR) is 104 cm³/mol. The van der Waals surface area contributed by atoms with Crippen molar-refractivity contribution in [1.29, 1.82) is 0 Å². The van der Waals surface area contributed by atoms with Crippen molar-refractivity contribution in [2.75, 3.05) is 13.2 Å². The molecule has 1 amide bonds. The van der Waals surface area contributed by atoms with E-state index in [-0.39, 0.29) is 6.61 Å². The molecule has 0 radical (unpaired) electrons. The molecule has 0 heterocycles. The van der Waals surface area contributed by atoms with Crippen molar-refractivity contribution in [3.8, 4) is 11.5 Å². The predicted octanol–water partition coefficient (Wildman–Crippen LogP) is 2.49. The molecule has 5 nitrogen and oxygen atoms in total. The maximum Gasteiger partial charge on any atom is 0.255 e. The van der Waals surface area contributed by atoms with Crippen LogP contribution in [0.25, 0.3) is 0 Å². The number of nitrogens with two attached hydrogens (primary N) is 2. The Morgan fingerprint density at radius 1 is 1.15 bits per heavy atom. The Morgan fingerprint density at radius 2 is 1.81 bits per heavy atom. The fourth-order valence-corrected chi connectivity index (χ4v) is 6.20. The Labute approximate surface area is 165 Å². The van der Waals surface area contributed by atoms with E-state index in [1.54, 1.807) is 0 Å². The summed E-state index contributed by atoms with van der Waals surface area (Å²) in [4.78, 5) is 11.0. The van der Waals surface area contributed by atoms with Crippen molar-refractivity contribution in [3.63, 3.8) is 0 Å². The molecule has 1 aromatic carbocycles. The number of hydrogen-bond acceptors (Lipinski definition) is 3. The molecule has 0 unspecified atom stereocenters. The van der Waals surface area contributed by atoms with Crippen LogP contribution in [0, 0.1) is 23.7 Å². The third kappa shape index (κ3) is 4.04. The van der Waals surface area contributed by atoms with Gasteiger partial charge in [-0.3, -0.25) is 4.79 Å². The van der Waals surface area contributed by atoms with Gasteiger partial charge in [0.1, 0.15) is 6.54 Å². The first-order chi connectivity index (χ1) is 13.0. The smallest absolute Gasteiger partial charge is 0.255 e. The number of ether oxygens (including phenoxy) is 2. The van der Waals surface area contributed by atoms with Crippen LogP contribution in [-0.2, 0) is 11.3 Å². The van der Waals surface area contributed by atoms with E-state index in [2.05, 4.69) is 5.32 Å². The topological polar surface area (TPSA) is 78.2 Å². The molecule has 4 aliphatic rings. The molecule has 0 aliphatic heterocycles. The second-order valence-corrected chi connectivity index (χ2v) is 8.95. The Hall–Kier alpha value is -1.46. The van der Waals surface area contributed by atoms with E-state index in [1.165, 1.54) is 32.1 Å². The van der Waals surface area contributed by atoms with Gasteiger partial charge in [-0.25, -0.2) is 0 Å². The standard InChI is InChI=1S/C21H29ClN2O3/c1-2-26-18-9-14(8-17(22)21(18)27-11-19(23)25)10-24-20-15-4-12-3-13(6-15)7-16(20)5-12/h8-9,12-13,15-16,20,24H,2-7,10-11H2,1H3,(H2,23,25)/p+1. The van der Waals surface area contributed by atoms with Crippen LogP contribution in [0.4, 0.5) is 0 Å². The van der Waals surface area contributed by atoms with E-state index in [1.807, 2.05) is 19.1 Å². The maximum atomic E-state index is 11.0. The normalized spacial score (nSPS) is 31.1. The van der Waals surface area contributed by atoms with E-state index in [0.29, 0.717) is 23.1 Å². The molecule has 4 N–H and O–H groups in total. The molecule has 5 rings (SSSR count). The monoisotopic (exact) mass is 393 g/mol. The molecule has 4 aliphatic carbocycles. The Bertz CT molecular complexity index is 681. The molecule has 0 atom stereocenters. The quantitative estimate of drug-likeness (QED) is 0.712. The number of benzene rings is 1. The van der Waals surface area contributed by atoms with Crippen molar-refractivity contribution in [1.82, 2.24) is 0 Å². The minimum absolute atomic E-state index is 0.209. The minimum atomic E-state index is -0.534. The molecule has 27 heavy (non-hydrogen) atoms. The second-order valence-electron chi connectivity index (χ2n) is 8.54. The lowest BCUT2D eigenvalue weighted by molar-refractivity contribution is -0.723. The van der Waals surface area contributed by atoms with Crippen LogP contribution in [0.5, 0.6) is 11.5 Å². The summed E-state index contributed by atoms with van der Waals surface area (Å²) >= 11 is 6.42. The molecule has 4 saturated carbocycles. The summed E-state index contributed by atoms with van der Waals surface area (Å²) in [5.74, 6) is 4.22. The number of amides is 1. The fourth-order valence-electron chi connectivity index (χ4n) is 5.91. The van der Waals surface area contributed by atoms with Crippen molar-refractivity contribution < 1.29 is 19.6 Å². The zero-order valence-electron chi connectivity index (χ0n) is 16.0. The van der Waals surface area contributed by atoms with E-state index < -0.39 is 5.91 Å². The third-order valence-corrected chi connectivity index (χ3v) is 6.93. The van der Waals surface area contributed by atoms with Gasteiger partial charge in [0.05, 0.1) is 17.7 Å². The van der Waals surface area contributed by atoms with Crippen LogP contribution in [0.3, 0.4) is 0 Å². The molecule has 4 fully saturated rings. The summed E-state index contributed by atoms with van der Waals surface area (Å²) in [7, 11) is 0. The van der Waals surface area contributed by atoms with Crippen molar-refractivity contribution in [2.24, 2.45) is 29.4 Å². The van der Waals surface area contributed by atoms with Gasteiger partial charge in [0.2, 0.25) is 0 Å². The number of halogens is 1. The van der Waals surface area contributed by atoms with Gasteiger partial charge < -0.3 is 20.5 Å². The summed E-state index contributed by atoms with van der Waals surface area (Å²) in [5.41, 5.74) is 6.31. The maximum absolute atomic E-state index is 11.0. The summed E-state index contributed by atoms with van der Waals surface area (Å²) in [5, 5.41) is 2.99. The Balaban J connectivity index is 1.45. The van der Waals surface area contributed by atoms with Crippen molar-refractivity contribution in [2.45, 2.75) is 51.6 Å². The zero-order valence-corrected chi connectivity index (χ0v) is 16.7. The first-order valence-electron chi connectivity index (χ1n) is 10.2. The number of primary amides is 1. The van der Waals surface area contributed by atoms with Gasteiger partial charge in [-0.1, -0.05) is 11.6 Å². The molecule has 148 valence electrons. The van der Waals surface area contributed by atoms with Crippen LogP contribution in [0.1, 0.15) is 44.6 Å². The lowest BCUT2D eigenvalue weighted by Gasteiger charge is -2.52. The molecular formula is C21H30ClN2O3+. The van der Waals surface area contributed by atoms with Gasteiger partial charge in [0.15, 0.2) is 18.1 Å². The number of rotatable bonds is 8. The second kappa shape index (κ2) is 7.88. The molecule has 1 aromatic rings. The summed E-state index contributed by atoms with van der Waals surface area (Å²) in [6.45, 7) is 3.10. The lowest BCUT2D eigenvalue weighted by atomic mass is 9.54. The summed E-state index contributed by atoms with van der Waals surface area (Å²) in [6, 6.07) is 4.66. The van der Waals surface area contributed by atoms with Gasteiger partial charge in [-0.15, -0.1) is 0 Å². The molecule has 0 saturated heterocycles. The van der Waals surface area contributed by atoms with Crippen LogP contribution in [-0.4, -0.2) is 25.2 Å². The van der Waals surface area contributed by atoms with Crippen molar-refractivity contribution in [3.05, 3.63) is 22.7 Å². The molecule has 0 spiro atoms. The Morgan fingerprint density at radius 3 is 2.41 bits per heavy atom. The summed E-state index contributed by atoms with van der Waals surface area (Å²) < 4.78 is 11.2. The highest BCUT2D eigenvalue weighted by Crippen LogP contribution is 2.52. The third-order valence-electron chi connectivity index (χ3n) is 6.65. The zero-order chi connectivity index (χ0) is 19.0. The van der Waals surface area contributed by atoms with Crippen LogP contribution < -0.4 is 20.5 Å². The summed E-state index contributed by atoms with van der Waals surface area (Å²) in [6.07, 6.45) is 7.20. The van der Waals surface area contributed by atoms with Gasteiger partial charge in [-0.05, 0) is 63.0 Å². The first-order valence-corrected chi connectivity index (χ1v) is 10.6. The molecule has 4 bridgehead atoms. The number of quaternary nitrogens is 1. The number of carbonyl (C=O) groups excluding carboxylic acids is 1. The van der Waals surface area contributed by atoms with Gasteiger partial charge in [-0.2, -0.15) is 0 Å². The highest BCUT2D eigenvalue weighted by molar-refractivity contribution is 6.32. The average Bonchev–Trinajstić information content (AvgIpc) is 2.60. The highest BCUT2D eigenvalue weighted by Gasteiger charge is 2.50. The molecular weight excluding hydrogens is 364 g/mol. The number of carbonyl (C=O) groups is 1. The lowest BCUT2D eigenvalue weighted by Crippen LogP contribution is -2.93. The SMILES string of the molecule is CCOc1cc(C[NH2+]C2C3CC4CC(C3)CC2C4)cc(Cl)c1OCC(N)=O. The van der Waals surface area contributed by atoms with Crippen LogP contribution in [0.15, 0.2) is 12.1 Å². The van der Waals surface area contributed by atoms with Crippen LogP contribution >= 0.6 is 11.6 Å². The van der Waals surface area contributed by atoms with E-state index in [9.17, 15) is 4.79 Å². The first kappa shape index (κ1) is 18.9. The molecule has 6 heteroatoms. The minimum Gasteiger partial charge on any atom is -0.490 e. The Kier molecular flexibility index (Phi) is 5.51. The number of hydrogen-bond donors (Lipinski definition) is 2. The van der Waals surface area contributed by atoms with Gasteiger partial charge >= 0.3 is 0 Å². The van der Waals surface area contributed by atoms with E-state index >= 15 is 0 Å². The van der Waals surface area contributed by atoms with Crippen molar-refractivity contribution >= 4 is 17.5 Å². The van der Waals surface area contributed by atoms with E-state index in [0.717, 1.165) is 41.8 Å². The van der Waals surface area contributed by atoms with Gasteiger partial charge in [0.25, 0.3) is 5.91 Å². The van der Waals surface area contributed by atoms with E-state index in [4.69, 9.17) is 26.8 Å². The average molecular weight is 394 g/mol. The fraction of sp³-hybridized carbons (Fsp3) is 0.667. The van der Waals surface area contributed by atoms with Gasteiger partial charge in [0, 0.05) is 17.4 Å². The van der Waals surface area contributed by atoms with Crippen LogP contribution in [0.2, 0.25) is 5.02 Å². The largest absolute Gasteiger partial charge is 0.490 e. The highest BCUT2D eigenvalue weighted by atomic mass is 35.5.